The first kappa shape index (κ1) is 22.1. The van der Waals surface area contributed by atoms with Gasteiger partial charge >= 0.3 is 5.97 Å². The molecule has 0 bridgehead atoms. The van der Waals surface area contributed by atoms with Gasteiger partial charge in [0.1, 0.15) is 0 Å². The molecule has 1 saturated heterocycles. The molecule has 2 N–H and O–H groups in total. The predicted molar refractivity (Wildman–Crippen MR) is 127 cm³/mol. The first-order valence-corrected chi connectivity index (χ1v) is 10.9. The van der Waals surface area contributed by atoms with Crippen LogP contribution in [0.2, 0.25) is 0 Å². The van der Waals surface area contributed by atoms with E-state index in [-0.39, 0.29) is 12.0 Å². The largest absolute Gasteiger partial charge is 0.465 e. The van der Waals surface area contributed by atoms with Gasteiger partial charge < -0.3 is 20.3 Å². The molecule has 6 heteroatoms. The monoisotopic (exact) mass is 425 g/mol. The average molecular weight is 426 g/mol. The van der Waals surface area contributed by atoms with Crippen LogP contribution in [0.3, 0.4) is 0 Å². The molecule has 3 rings (SSSR count). The number of nitrogens with one attached hydrogen (secondary N) is 2. The van der Waals surface area contributed by atoms with Crippen LogP contribution in [0.1, 0.15) is 54.2 Å². The molecule has 0 unspecified atom stereocenters. The maximum absolute atomic E-state index is 11.9. The van der Waals surface area contributed by atoms with Crippen molar-refractivity contribution in [2.75, 3.05) is 30.4 Å². The Hall–Kier alpha value is -2.60. The van der Waals surface area contributed by atoms with Crippen LogP contribution in [0, 0.1) is 12.8 Å². The Bertz CT molecular complexity index is 898. The summed E-state index contributed by atoms with van der Waals surface area (Å²) in [7, 11) is 1.38. The minimum atomic E-state index is -0.355. The highest BCUT2D eigenvalue weighted by Crippen LogP contribution is 2.25. The summed E-state index contributed by atoms with van der Waals surface area (Å²) in [5, 5.41) is 7.05. The standard InChI is InChI=1S/C24H31N3O2S/c1-16-7-6-14-27(15-16)20-12-10-19(11-13-20)18(3)25-24(30)26-22-9-5-8-21(17(22)2)23(28)29-4/h5,8-13,16,18H,6-7,14-15H2,1-4H3,(H2,25,26,30)/t16-,18-/m1/s1. The molecule has 1 aliphatic heterocycles. The zero-order valence-electron chi connectivity index (χ0n) is 18.2. The quantitative estimate of drug-likeness (QED) is 0.516. The normalized spacial score (nSPS) is 17.2. The molecule has 1 heterocycles. The van der Waals surface area contributed by atoms with Crippen LogP contribution >= 0.6 is 12.2 Å². The topological polar surface area (TPSA) is 53.6 Å². The van der Waals surface area contributed by atoms with Crippen molar-refractivity contribution in [3.63, 3.8) is 0 Å². The highest BCUT2D eigenvalue weighted by Gasteiger charge is 2.17. The van der Waals surface area contributed by atoms with Crippen molar-refractivity contribution >= 4 is 34.7 Å². The fourth-order valence-electron chi connectivity index (χ4n) is 3.94. The molecule has 0 saturated carbocycles. The summed E-state index contributed by atoms with van der Waals surface area (Å²) in [4.78, 5) is 14.4. The maximum Gasteiger partial charge on any atom is 0.338 e. The second-order valence-corrected chi connectivity index (χ2v) is 8.48. The van der Waals surface area contributed by atoms with E-state index in [4.69, 9.17) is 17.0 Å². The van der Waals surface area contributed by atoms with E-state index in [1.165, 1.54) is 31.2 Å². The van der Waals surface area contributed by atoms with E-state index >= 15 is 0 Å². The number of piperidine rings is 1. The molecule has 2 atom stereocenters. The molecule has 0 radical (unpaired) electrons. The third-order valence-electron chi connectivity index (χ3n) is 5.75. The van der Waals surface area contributed by atoms with Crippen molar-refractivity contribution in [1.29, 1.82) is 0 Å². The smallest absolute Gasteiger partial charge is 0.338 e. The fourth-order valence-corrected chi connectivity index (χ4v) is 4.22. The first-order valence-electron chi connectivity index (χ1n) is 10.5. The molecule has 1 aliphatic rings. The molecule has 1 fully saturated rings. The van der Waals surface area contributed by atoms with Crippen molar-refractivity contribution in [2.24, 2.45) is 5.92 Å². The van der Waals surface area contributed by atoms with Gasteiger partial charge in [-0.2, -0.15) is 0 Å². The molecule has 2 aromatic carbocycles. The van der Waals surface area contributed by atoms with Gasteiger partial charge in [-0.25, -0.2) is 4.79 Å². The Morgan fingerprint density at radius 1 is 1.23 bits per heavy atom. The van der Waals surface area contributed by atoms with Crippen molar-refractivity contribution in [1.82, 2.24) is 5.32 Å². The minimum Gasteiger partial charge on any atom is -0.465 e. The van der Waals surface area contributed by atoms with E-state index in [0.29, 0.717) is 10.7 Å². The molecule has 160 valence electrons. The third-order valence-corrected chi connectivity index (χ3v) is 5.97. The lowest BCUT2D eigenvalue weighted by Gasteiger charge is -2.33. The Morgan fingerprint density at radius 3 is 2.63 bits per heavy atom. The predicted octanol–water partition coefficient (Wildman–Crippen LogP) is 5.07. The number of thiocarbonyl (C=S) groups is 1. The van der Waals surface area contributed by atoms with E-state index in [2.05, 4.69) is 53.6 Å². The second kappa shape index (κ2) is 9.94. The molecule has 0 amide bonds. The van der Waals surface area contributed by atoms with Gasteiger partial charge in [-0.15, -0.1) is 0 Å². The summed E-state index contributed by atoms with van der Waals surface area (Å²) in [6.07, 6.45) is 2.58. The summed E-state index contributed by atoms with van der Waals surface area (Å²) < 4.78 is 4.84. The molecule has 2 aromatic rings. The maximum atomic E-state index is 11.9. The summed E-state index contributed by atoms with van der Waals surface area (Å²) >= 11 is 5.50. The number of nitrogens with zero attached hydrogens (tertiary/aromatic N) is 1. The van der Waals surface area contributed by atoms with E-state index < -0.39 is 0 Å². The van der Waals surface area contributed by atoms with E-state index in [1.807, 2.05) is 19.1 Å². The SMILES string of the molecule is COC(=O)c1cccc(NC(=S)N[C@H](C)c2ccc(N3CCC[C@@H](C)C3)cc2)c1C. The lowest BCUT2D eigenvalue weighted by atomic mass is 9.99. The van der Waals surface area contributed by atoms with Crippen molar-refractivity contribution in [3.05, 3.63) is 59.2 Å². The lowest BCUT2D eigenvalue weighted by Crippen LogP contribution is -2.34. The Kier molecular flexibility index (Phi) is 7.32. The molecule has 0 aliphatic carbocycles. The highest BCUT2D eigenvalue weighted by molar-refractivity contribution is 7.80. The van der Waals surface area contributed by atoms with Gasteiger partial charge in [-0.05, 0) is 80.2 Å². The van der Waals surface area contributed by atoms with Crippen molar-refractivity contribution < 1.29 is 9.53 Å². The van der Waals surface area contributed by atoms with Gasteiger partial charge in [0, 0.05) is 24.5 Å². The molecule has 30 heavy (non-hydrogen) atoms. The number of carbonyl (C=O) groups is 1. The molecular formula is C24H31N3O2S. The van der Waals surface area contributed by atoms with Crippen LogP contribution < -0.4 is 15.5 Å². The summed E-state index contributed by atoms with van der Waals surface area (Å²) in [6, 6.07) is 14.2. The highest BCUT2D eigenvalue weighted by atomic mass is 32.1. The van der Waals surface area contributed by atoms with Gasteiger partial charge in [-0.1, -0.05) is 25.1 Å². The second-order valence-electron chi connectivity index (χ2n) is 8.07. The number of ether oxygens (including phenoxy) is 1. The van der Waals surface area contributed by atoms with Crippen LogP contribution in [-0.2, 0) is 4.74 Å². The number of benzene rings is 2. The number of hydrogen-bond acceptors (Lipinski definition) is 4. The molecule has 5 nitrogen and oxygen atoms in total. The summed E-state index contributed by atoms with van der Waals surface area (Å²) in [6.45, 7) is 8.55. The van der Waals surface area contributed by atoms with Gasteiger partial charge in [0.2, 0.25) is 0 Å². The first-order chi connectivity index (χ1) is 14.4. The van der Waals surface area contributed by atoms with Gasteiger partial charge in [-0.3, -0.25) is 0 Å². The molecule has 0 spiro atoms. The van der Waals surface area contributed by atoms with Gasteiger partial charge in [0.25, 0.3) is 0 Å². The lowest BCUT2D eigenvalue weighted by molar-refractivity contribution is 0.0600. The number of methoxy groups -OCH3 is 1. The van der Waals surface area contributed by atoms with Crippen LogP contribution in [0.4, 0.5) is 11.4 Å². The minimum absolute atomic E-state index is 0.0587. The zero-order valence-corrected chi connectivity index (χ0v) is 19.0. The van der Waals surface area contributed by atoms with E-state index in [0.717, 1.165) is 30.3 Å². The van der Waals surface area contributed by atoms with Crippen molar-refractivity contribution in [2.45, 2.75) is 39.7 Å². The van der Waals surface area contributed by atoms with E-state index in [9.17, 15) is 4.79 Å². The van der Waals surface area contributed by atoms with Crippen LogP contribution in [0.15, 0.2) is 42.5 Å². The third kappa shape index (κ3) is 5.30. The molecule has 0 aromatic heterocycles. The van der Waals surface area contributed by atoms with Crippen LogP contribution in [0.5, 0.6) is 0 Å². The Morgan fingerprint density at radius 2 is 1.97 bits per heavy atom. The Labute approximate surface area is 184 Å². The van der Waals surface area contributed by atoms with Gasteiger partial charge in [0.15, 0.2) is 5.11 Å². The summed E-state index contributed by atoms with van der Waals surface area (Å²) in [5.41, 5.74) is 4.58. The number of carbonyl (C=O) groups excluding carboxylic acids is 1. The number of rotatable bonds is 5. The zero-order chi connectivity index (χ0) is 21.7. The van der Waals surface area contributed by atoms with E-state index in [1.54, 1.807) is 6.07 Å². The van der Waals surface area contributed by atoms with Gasteiger partial charge in [0.05, 0.1) is 18.7 Å². The average Bonchev–Trinajstić information content (AvgIpc) is 2.74. The van der Waals surface area contributed by atoms with Crippen LogP contribution in [0.25, 0.3) is 0 Å². The number of esters is 1. The Balaban J connectivity index is 1.61. The molecular weight excluding hydrogens is 394 g/mol. The van der Waals surface area contributed by atoms with Crippen molar-refractivity contribution in [3.8, 4) is 0 Å². The van der Waals surface area contributed by atoms with Crippen LogP contribution in [-0.4, -0.2) is 31.3 Å². The number of anilines is 2. The number of hydrogen-bond donors (Lipinski definition) is 2. The fraction of sp³-hybridized carbons (Fsp3) is 0.417. The summed E-state index contributed by atoms with van der Waals surface area (Å²) in [5.74, 6) is 0.398.